The second-order valence-corrected chi connectivity index (χ2v) is 8.31. The lowest BCUT2D eigenvalue weighted by Crippen LogP contribution is -2.08. The number of aromatic amines is 1. The minimum atomic E-state index is 0.675. The molecule has 31 heavy (non-hydrogen) atoms. The minimum absolute atomic E-state index is 0.675. The zero-order chi connectivity index (χ0) is 21.5. The first-order valence-electron chi connectivity index (χ1n) is 10.4. The number of para-hydroxylation sites is 1. The summed E-state index contributed by atoms with van der Waals surface area (Å²) < 4.78 is 7.86. The molecule has 0 unspecified atom stereocenters. The third-order valence-electron chi connectivity index (χ3n) is 5.16. The molecule has 1 N–H and O–H groups in total. The van der Waals surface area contributed by atoms with Crippen molar-refractivity contribution in [3.8, 4) is 5.75 Å². The summed E-state index contributed by atoms with van der Waals surface area (Å²) in [5.74, 6) is 2.63. The molecule has 4 aromatic rings. The van der Waals surface area contributed by atoms with Gasteiger partial charge in [-0.25, -0.2) is 10.1 Å². The molecule has 0 radical (unpaired) electrons. The maximum absolute atomic E-state index is 5.59. The van der Waals surface area contributed by atoms with Gasteiger partial charge in [0.15, 0.2) is 5.82 Å². The van der Waals surface area contributed by atoms with E-state index in [0.29, 0.717) is 12.4 Å². The van der Waals surface area contributed by atoms with Crippen molar-refractivity contribution in [3.63, 3.8) is 0 Å². The van der Waals surface area contributed by atoms with Crippen molar-refractivity contribution >= 4 is 23.0 Å². The van der Waals surface area contributed by atoms with E-state index in [1.54, 1.807) is 18.4 Å². The monoisotopic (exact) mass is 434 g/mol. The van der Waals surface area contributed by atoms with E-state index in [1.165, 1.54) is 4.88 Å². The number of allylic oxidation sites excluding steroid dienone is 1. The Kier molecular flexibility index (Phi) is 6.89. The van der Waals surface area contributed by atoms with Gasteiger partial charge in [0, 0.05) is 28.9 Å². The van der Waals surface area contributed by atoms with E-state index in [1.807, 2.05) is 24.4 Å². The largest absolute Gasteiger partial charge is 0.496 e. The molecule has 0 atom stereocenters. The lowest BCUT2D eigenvalue weighted by molar-refractivity contribution is 0.408. The maximum atomic E-state index is 5.59. The standard InChI is InChI=1S/C23H26N6OS/c1-3-4-11-22-24-15-19(29(22)16-17-8-5-6-10-21(17)30-2)13-18(23-25-27-28-26-23)14-20-9-7-12-31-20/h5-10,12-13,15H,3-4,11,14,16H2,1-2H3,(H,25,26,27,28)/b18-13-. The molecule has 4 rings (SSSR count). The number of rotatable bonds is 10. The summed E-state index contributed by atoms with van der Waals surface area (Å²) in [6.45, 7) is 2.89. The Hall–Kier alpha value is -3.26. The normalized spacial score (nSPS) is 11.7. The maximum Gasteiger partial charge on any atom is 0.175 e. The highest BCUT2D eigenvalue weighted by atomic mass is 32.1. The van der Waals surface area contributed by atoms with Crippen LogP contribution < -0.4 is 4.74 Å². The number of aryl methyl sites for hydroxylation is 1. The van der Waals surface area contributed by atoms with Crippen LogP contribution in [-0.4, -0.2) is 37.3 Å². The number of nitrogens with zero attached hydrogens (tertiary/aromatic N) is 5. The van der Waals surface area contributed by atoms with Crippen LogP contribution in [0.1, 0.15) is 47.5 Å². The highest BCUT2D eigenvalue weighted by molar-refractivity contribution is 7.10. The van der Waals surface area contributed by atoms with E-state index >= 15 is 0 Å². The third kappa shape index (κ3) is 5.08. The topological polar surface area (TPSA) is 81.5 Å². The molecule has 3 heterocycles. The van der Waals surface area contributed by atoms with Gasteiger partial charge < -0.3 is 9.30 Å². The van der Waals surface area contributed by atoms with E-state index < -0.39 is 0 Å². The Bertz CT molecular complexity index is 1120. The molecule has 0 spiro atoms. The zero-order valence-electron chi connectivity index (χ0n) is 17.8. The fourth-order valence-electron chi connectivity index (χ4n) is 3.54. The van der Waals surface area contributed by atoms with E-state index in [-0.39, 0.29) is 0 Å². The molecule has 0 saturated heterocycles. The van der Waals surface area contributed by atoms with Crippen molar-refractivity contribution in [2.45, 2.75) is 39.2 Å². The van der Waals surface area contributed by atoms with Gasteiger partial charge >= 0.3 is 0 Å². The van der Waals surface area contributed by atoms with Gasteiger partial charge in [0.25, 0.3) is 0 Å². The van der Waals surface area contributed by atoms with Gasteiger partial charge in [-0.3, -0.25) is 0 Å². The molecular weight excluding hydrogens is 408 g/mol. The van der Waals surface area contributed by atoms with Gasteiger partial charge in [0.05, 0.1) is 25.5 Å². The summed E-state index contributed by atoms with van der Waals surface area (Å²) in [6, 6.07) is 12.3. The van der Waals surface area contributed by atoms with Crippen LogP contribution in [0.15, 0.2) is 48.0 Å². The fourth-order valence-corrected chi connectivity index (χ4v) is 4.27. The SMILES string of the molecule is CCCCc1ncc(/C=C(/Cc2cccs2)c2nnn[nH]2)n1Cc1ccccc1OC. The number of tetrazole rings is 1. The van der Waals surface area contributed by atoms with Crippen molar-refractivity contribution in [1.82, 2.24) is 30.2 Å². The first-order valence-corrected chi connectivity index (χ1v) is 11.3. The van der Waals surface area contributed by atoms with E-state index in [4.69, 9.17) is 9.72 Å². The summed E-state index contributed by atoms with van der Waals surface area (Å²) >= 11 is 1.72. The molecule has 0 bridgehead atoms. The van der Waals surface area contributed by atoms with Gasteiger partial charge in [0.1, 0.15) is 11.6 Å². The number of hydrogen-bond acceptors (Lipinski definition) is 6. The second kappa shape index (κ2) is 10.2. The van der Waals surface area contributed by atoms with Gasteiger partial charge in [0.2, 0.25) is 0 Å². The molecule has 160 valence electrons. The van der Waals surface area contributed by atoms with E-state index in [2.05, 4.69) is 61.8 Å². The fraction of sp³-hybridized carbons (Fsp3) is 0.304. The van der Waals surface area contributed by atoms with Crippen LogP contribution in [0.25, 0.3) is 11.6 Å². The van der Waals surface area contributed by atoms with Crippen molar-refractivity contribution in [1.29, 1.82) is 0 Å². The summed E-state index contributed by atoms with van der Waals surface area (Å²) in [6.07, 6.45) is 7.99. The number of unbranched alkanes of at least 4 members (excludes halogenated alkanes) is 1. The highest BCUT2D eigenvalue weighted by Gasteiger charge is 2.14. The summed E-state index contributed by atoms with van der Waals surface area (Å²) in [7, 11) is 1.71. The molecule has 0 aliphatic heterocycles. The summed E-state index contributed by atoms with van der Waals surface area (Å²) in [5, 5.41) is 16.7. The quantitative estimate of drug-likeness (QED) is 0.393. The number of H-pyrrole nitrogens is 1. The third-order valence-corrected chi connectivity index (χ3v) is 6.04. The Labute approximate surface area is 185 Å². The van der Waals surface area contributed by atoms with E-state index in [9.17, 15) is 0 Å². The van der Waals surface area contributed by atoms with Gasteiger partial charge in [-0.05, 0) is 40.4 Å². The summed E-state index contributed by atoms with van der Waals surface area (Å²) in [5.41, 5.74) is 3.17. The van der Waals surface area contributed by atoms with Gasteiger partial charge in [-0.2, -0.15) is 0 Å². The zero-order valence-corrected chi connectivity index (χ0v) is 18.6. The van der Waals surface area contributed by atoms with Crippen molar-refractivity contribution in [2.75, 3.05) is 7.11 Å². The average molecular weight is 435 g/mol. The van der Waals surface area contributed by atoms with Crippen molar-refractivity contribution in [2.24, 2.45) is 0 Å². The number of aromatic nitrogens is 6. The number of imidazole rings is 1. The lowest BCUT2D eigenvalue weighted by atomic mass is 10.1. The predicted molar refractivity (Wildman–Crippen MR) is 123 cm³/mol. The highest BCUT2D eigenvalue weighted by Crippen LogP contribution is 2.25. The molecule has 7 nitrogen and oxygen atoms in total. The molecule has 0 aliphatic carbocycles. The van der Waals surface area contributed by atoms with Crippen LogP contribution in [-0.2, 0) is 19.4 Å². The molecule has 0 amide bonds. The van der Waals surface area contributed by atoms with Crippen LogP contribution >= 0.6 is 11.3 Å². The Morgan fingerprint density at radius 2 is 2.13 bits per heavy atom. The van der Waals surface area contributed by atoms with Crippen LogP contribution in [0.5, 0.6) is 5.75 Å². The number of hydrogen-bond donors (Lipinski definition) is 1. The Balaban J connectivity index is 1.74. The van der Waals surface area contributed by atoms with E-state index in [0.717, 1.165) is 54.1 Å². The van der Waals surface area contributed by atoms with Crippen molar-refractivity contribution < 1.29 is 4.74 Å². The predicted octanol–water partition coefficient (Wildman–Crippen LogP) is 4.64. The van der Waals surface area contributed by atoms with Crippen molar-refractivity contribution in [3.05, 3.63) is 75.8 Å². The molecular formula is C23H26N6OS. The van der Waals surface area contributed by atoms with Crippen LogP contribution in [0.2, 0.25) is 0 Å². The molecule has 1 aromatic carbocycles. The Morgan fingerprint density at radius 1 is 1.23 bits per heavy atom. The smallest absolute Gasteiger partial charge is 0.175 e. The molecule has 8 heteroatoms. The second-order valence-electron chi connectivity index (χ2n) is 7.28. The molecule has 0 saturated carbocycles. The number of ether oxygens (including phenoxy) is 1. The molecule has 3 aromatic heterocycles. The summed E-state index contributed by atoms with van der Waals surface area (Å²) in [4.78, 5) is 6.01. The lowest BCUT2D eigenvalue weighted by Gasteiger charge is -2.14. The van der Waals surface area contributed by atoms with Gasteiger partial charge in [-0.1, -0.05) is 37.6 Å². The minimum Gasteiger partial charge on any atom is -0.496 e. The number of benzene rings is 1. The van der Waals surface area contributed by atoms with Crippen LogP contribution in [0.4, 0.5) is 0 Å². The first-order chi connectivity index (χ1) is 15.3. The van der Waals surface area contributed by atoms with Crippen LogP contribution in [0, 0.1) is 0 Å². The number of nitrogens with one attached hydrogen (secondary N) is 1. The van der Waals surface area contributed by atoms with Gasteiger partial charge in [-0.15, -0.1) is 16.4 Å². The molecule has 0 fully saturated rings. The van der Waals surface area contributed by atoms with Crippen LogP contribution in [0.3, 0.4) is 0 Å². The number of methoxy groups -OCH3 is 1. The molecule has 0 aliphatic rings. The average Bonchev–Trinajstić information content (AvgIpc) is 3.56. The number of thiophene rings is 1. The Morgan fingerprint density at radius 3 is 2.87 bits per heavy atom. The first kappa shape index (κ1) is 21.0.